The minimum atomic E-state index is -2.33. The van der Waals surface area contributed by atoms with Crippen molar-refractivity contribution in [2.24, 2.45) is 0 Å². The molecule has 1 rings (SSSR count). The predicted molar refractivity (Wildman–Crippen MR) is 86.5 cm³/mol. The quantitative estimate of drug-likeness (QED) is 0.586. The number of nitrogens with zero attached hydrogens (tertiary/aromatic N) is 2. The number of carbonyl (C=O) groups is 3. The summed E-state index contributed by atoms with van der Waals surface area (Å²) < 4.78 is 10.3. The molecule has 0 spiro atoms. The highest BCUT2D eigenvalue weighted by Gasteiger charge is 2.46. The molecule has 0 radical (unpaired) electrons. The molecule has 2 atom stereocenters. The van der Waals surface area contributed by atoms with E-state index in [0.717, 1.165) is 6.92 Å². The van der Waals surface area contributed by atoms with Crippen LogP contribution in [0.15, 0.2) is 0 Å². The number of rotatable bonds is 4. The Labute approximate surface area is 142 Å². The molecule has 1 saturated heterocycles. The molecular weight excluding hydrogens is 316 g/mol. The zero-order valence-electron chi connectivity index (χ0n) is 15.3. The summed E-state index contributed by atoms with van der Waals surface area (Å²) in [5.74, 6) is -1.82. The van der Waals surface area contributed by atoms with Crippen molar-refractivity contribution in [1.82, 2.24) is 9.80 Å². The van der Waals surface area contributed by atoms with Crippen LogP contribution in [0.4, 0.5) is 4.79 Å². The monoisotopic (exact) mass is 344 g/mol. The largest absolute Gasteiger partial charge is 0.457 e. The fourth-order valence-corrected chi connectivity index (χ4v) is 2.20. The van der Waals surface area contributed by atoms with Crippen LogP contribution < -0.4 is 0 Å². The molecule has 1 fully saturated rings. The number of hydrogen-bond acceptors (Lipinski definition) is 6. The number of aliphatic hydroxyl groups is 1. The van der Waals surface area contributed by atoms with Gasteiger partial charge in [-0.15, -0.1) is 0 Å². The van der Waals surface area contributed by atoms with Crippen LogP contribution in [-0.4, -0.2) is 83.3 Å². The van der Waals surface area contributed by atoms with Crippen LogP contribution in [0, 0.1) is 0 Å². The van der Waals surface area contributed by atoms with Crippen molar-refractivity contribution in [3.8, 4) is 0 Å². The van der Waals surface area contributed by atoms with Crippen LogP contribution in [-0.2, 0) is 19.1 Å². The summed E-state index contributed by atoms with van der Waals surface area (Å²) in [7, 11) is 1.46. The van der Waals surface area contributed by atoms with Gasteiger partial charge in [-0.25, -0.2) is 9.59 Å². The fraction of sp³-hybridized carbons (Fsp3) is 0.812. The van der Waals surface area contributed by atoms with Gasteiger partial charge in [-0.2, -0.15) is 0 Å². The highest BCUT2D eigenvalue weighted by atomic mass is 16.6. The first kappa shape index (κ1) is 20.4. The number of carbonyl (C=O) groups excluding carboxylic acids is 3. The van der Waals surface area contributed by atoms with Crippen molar-refractivity contribution >= 4 is 17.8 Å². The molecule has 0 aliphatic carbocycles. The van der Waals surface area contributed by atoms with Gasteiger partial charge in [-0.1, -0.05) is 0 Å². The maximum Gasteiger partial charge on any atom is 0.346 e. The number of ketones is 1. The molecule has 0 aromatic heterocycles. The van der Waals surface area contributed by atoms with E-state index in [1.165, 1.54) is 18.9 Å². The molecule has 1 heterocycles. The van der Waals surface area contributed by atoms with Crippen LogP contribution in [0.5, 0.6) is 0 Å². The average Bonchev–Trinajstić information content (AvgIpc) is 2.51. The summed E-state index contributed by atoms with van der Waals surface area (Å²) in [6.45, 7) is 9.25. The van der Waals surface area contributed by atoms with Gasteiger partial charge in [0.15, 0.2) is 5.78 Å². The number of amides is 2. The third kappa shape index (κ3) is 4.91. The second-order valence-electron chi connectivity index (χ2n) is 7.11. The van der Waals surface area contributed by atoms with E-state index in [9.17, 15) is 19.5 Å². The van der Waals surface area contributed by atoms with Crippen LogP contribution in [0.3, 0.4) is 0 Å². The Morgan fingerprint density at radius 1 is 1.17 bits per heavy atom. The summed E-state index contributed by atoms with van der Waals surface area (Å²) in [4.78, 5) is 39.8. The number of esters is 1. The lowest BCUT2D eigenvalue weighted by atomic mass is 9.95. The van der Waals surface area contributed by atoms with E-state index in [0.29, 0.717) is 26.3 Å². The van der Waals surface area contributed by atoms with E-state index in [4.69, 9.17) is 9.47 Å². The highest BCUT2D eigenvalue weighted by Crippen LogP contribution is 2.19. The van der Waals surface area contributed by atoms with E-state index in [2.05, 4.69) is 0 Å². The molecule has 2 amide bonds. The van der Waals surface area contributed by atoms with Crippen LogP contribution in [0.25, 0.3) is 0 Å². The Balaban J connectivity index is 2.80. The van der Waals surface area contributed by atoms with Crippen LogP contribution in [0.1, 0.15) is 34.6 Å². The molecule has 0 bridgehead atoms. The number of hydrogen-bond donors (Lipinski definition) is 1. The Morgan fingerprint density at radius 2 is 1.67 bits per heavy atom. The molecule has 0 aromatic rings. The first-order valence-electron chi connectivity index (χ1n) is 7.97. The van der Waals surface area contributed by atoms with Crippen molar-refractivity contribution in [2.45, 2.75) is 51.9 Å². The molecule has 0 saturated carbocycles. The van der Waals surface area contributed by atoms with Gasteiger partial charge in [-0.05, 0) is 34.6 Å². The van der Waals surface area contributed by atoms with Crippen molar-refractivity contribution in [3.63, 3.8) is 0 Å². The second kappa shape index (κ2) is 7.48. The van der Waals surface area contributed by atoms with Gasteiger partial charge in [0.2, 0.25) is 5.60 Å². The van der Waals surface area contributed by atoms with Gasteiger partial charge < -0.3 is 24.4 Å². The van der Waals surface area contributed by atoms with Crippen LogP contribution in [0.2, 0.25) is 0 Å². The van der Waals surface area contributed by atoms with Crippen molar-refractivity contribution in [1.29, 1.82) is 0 Å². The van der Waals surface area contributed by atoms with Gasteiger partial charge in [0.1, 0.15) is 5.60 Å². The van der Waals surface area contributed by atoms with E-state index in [1.807, 2.05) is 0 Å². The zero-order valence-corrected chi connectivity index (χ0v) is 15.3. The summed E-state index contributed by atoms with van der Waals surface area (Å²) in [6, 6.07) is -1.33. The topological polar surface area (TPSA) is 96.4 Å². The lowest BCUT2D eigenvalue weighted by Gasteiger charge is -2.35. The summed E-state index contributed by atoms with van der Waals surface area (Å²) in [5, 5.41) is 10.3. The first-order chi connectivity index (χ1) is 10.9. The second-order valence-corrected chi connectivity index (χ2v) is 7.11. The molecule has 24 heavy (non-hydrogen) atoms. The number of ether oxygens (including phenoxy) is 2. The van der Waals surface area contributed by atoms with E-state index in [1.54, 1.807) is 25.7 Å². The smallest absolute Gasteiger partial charge is 0.346 e. The Bertz CT molecular complexity index is 491. The average molecular weight is 344 g/mol. The summed E-state index contributed by atoms with van der Waals surface area (Å²) in [5.41, 5.74) is -3.16. The molecule has 1 aliphatic heterocycles. The van der Waals surface area contributed by atoms with Gasteiger partial charge >= 0.3 is 12.0 Å². The van der Waals surface area contributed by atoms with E-state index >= 15 is 0 Å². The number of Topliss-reactive ketones (excluding diaryl/α,β-unsaturated/α-hetero) is 1. The lowest BCUT2D eigenvalue weighted by Crippen LogP contribution is -2.57. The third-order valence-corrected chi connectivity index (χ3v) is 3.82. The molecular formula is C16H28N2O6. The number of urea groups is 1. The van der Waals surface area contributed by atoms with E-state index < -0.39 is 29.0 Å². The van der Waals surface area contributed by atoms with Crippen molar-refractivity contribution < 1.29 is 29.0 Å². The normalized spacial score (nSPS) is 19.2. The van der Waals surface area contributed by atoms with Crippen molar-refractivity contribution in [3.05, 3.63) is 0 Å². The zero-order chi connectivity index (χ0) is 18.7. The Hall–Kier alpha value is -1.67. The lowest BCUT2D eigenvalue weighted by molar-refractivity contribution is -0.179. The maximum absolute atomic E-state index is 12.5. The molecule has 1 aliphatic rings. The summed E-state index contributed by atoms with van der Waals surface area (Å²) in [6.07, 6.45) is 0. The first-order valence-corrected chi connectivity index (χ1v) is 7.97. The minimum Gasteiger partial charge on any atom is -0.457 e. The van der Waals surface area contributed by atoms with Gasteiger partial charge in [0.05, 0.1) is 19.3 Å². The standard InChI is InChI=1S/C16H28N2O6/c1-11(17(6)14(21)18-7-9-23-10-8-18)12(19)16(5,22)13(20)24-15(2,3)4/h11,22H,7-10H2,1-6H3/t11-,16-/m0/s1. The maximum atomic E-state index is 12.5. The van der Waals surface area contributed by atoms with Gasteiger partial charge in [0.25, 0.3) is 0 Å². The molecule has 1 N–H and O–H groups in total. The third-order valence-electron chi connectivity index (χ3n) is 3.82. The predicted octanol–water partition coefficient (Wildman–Crippen LogP) is 0.421. The molecule has 0 unspecified atom stereocenters. The van der Waals surface area contributed by atoms with Crippen LogP contribution >= 0.6 is 0 Å². The van der Waals surface area contributed by atoms with E-state index in [-0.39, 0.29) is 6.03 Å². The van der Waals surface area contributed by atoms with Gasteiger partial charge in [0, 0.05) is 20.1 Å². The SMILES string of the molecule is C[C@@H](C(=O)[C@](C)(O)C(=O)OC(C)(C)C)N(C)C(=O)N1CCOCC1. The molecule has 138 valence electrons. The number of morpholine rings is 1. The molecule has 0 aromatic carbocycles. The number of likely N-dealkylation sites (N-methyl/N-ethyl adjacent to an activating group) is 1. The Morgan fingerprint density at radius 3 is 2.12 bits per heavy atom. The highest BCUT2D eigenvalue weighted by molar-refractivity contribution is 6.09. The molecule has 8 nitrogen and oxygen atoms in total. The van der Waals surface area contributed by atoms with Crippen molar-refractivity contribution in [2.75, 3.05) is 33.4 Å². The fourth-order valence-electron chi connectivity index (χ4n) is 2.20. The Kier molecular flexibility index (Phi) is 6.35. The summed E-state index contributed by atoms with van der Waals surface area (Å²) >= 11 is 0. The molecule has 8 heteroatoms. The minimum absolute atomic E-state index is 0.348. The van der Waals surface area contributed by atoms with Gasteiger partial charge in [-0.3, -0.25) is 4.79 Å².